The smallest absolute Gasteiger partial charge is 0.431 e. The van der Waals surface area contributed by atoms with Gasteiger partial charge in [-0.3, -0.25) is 4.79 Å². The van der Waals surface area contributed by atoms with Gasteiger partial charge in [-0.1, -0.05) is 30.3 Å². The third kappa shape index (κ3) is 6.19. The van der Waals surface area contributed by atoms with Gasteiger partial charge in [0.1, 0.15) is 5.60 Å². The SMILES string of the molecule is CCOC(=O)C(Cc1ccccc1)(ONC(=O)OC(C)(C)C)C(C)=O. The minimum atomic E-state index is -1.99. The normalized spacial score (nSPS) is 13.5. The number of ketones is 1. The van der Waals surface area contributed by atoms with Gasteiger partial charge in [0.15, 0.2) is 5.78 Å². The molecule has 0 bridgehead atoms. The number of nitrogens with one attached hydrogen (secondary N) is 1. The van der Waals surface area contributed by atoms with Gasteiger partial charge in [0.25, 0.3) is 5.60 Å². The summed E-state index contributed by atoms with van der Waals surface area (Å²) in [6.45, 7) is 7.93. The van der Waals surface area contributed by atoms with Crippen molar-refractivity contribution in [2.45, 2.75) is 52.2 Å². The lowest BCUT2D eigenvalue weighted by atomic mass is 9.91. The van der Waals surface area contributed by atoms with Gasteiger partial charge in [-0.05, 0) is 40.2 Å². The zero-order valence-corrected chi connectivity index (χ0v) is 15.3. The largest absolute Gasteiger partial charge is 0.463 e. The second kappa shape index (κ2) is 8.62. The summed E-state index contributed by atoms with van der Waals surface area (Å²) < 4.78 is 10.1. The van der Waals surface area contributed by atoms with Crippen LogP contribution >= 0.6 is 0 Å². The molecular weight excluding hydrogens is 326 g/mol. The van der Waals surface area contributed by atoms with Crippen LogP contribution in [0.1, 0.15) is 40.2 Å². The average molecular weight is 351 g/mol. The molecule has 1 aromatic carbocycles. The number of hydroxylamine groups is 1. The molecule has 7 nitrogen and oxygen atoms in total. The van der Waals surface area contributed by atoms with E-state index in [1.807, 2.05) is 11.5 Å². The molecule has 0 aliphatic rings. The molecule has 0 spiro atoms. The molecule has 138 valence electrons. The molecule has 25 heavy (non-hydrogen) atoms. The molecule has 0 saturated heterocycles. The monoisotopic (exact) mass is 351 g/mol. The Labute approximate surface area is 147 Å². The summed E-state index contributed by atoms with van der Waals surface area (Å²) in [5.74, 6) is -1.46. The standard InChI is InChI=1S/C18H25NO6/c1-6-23-15(21)18(13(2)20,12-14-10-8-7-9-11-14)25-19-16(22)24-17(3,4)5/h7-11H,6,12H2,1-5H3,(H,19,22). The van der Waals surface area contributed by atoms with E-state index < -0.39 is 29.0 Å². The lowest BCUT2D eigenvalue weighted by molar-refractivity contribution is -0.184. The van der Waals surface area contributed by atoms with Crippen LogP contribution in [0.5, 0.6) is 0 Å². The number of Topliss-reactive ketones (excluding diaryl/α,β-unsaturated/α-hetero) is 1. The lowest BCUT2D eigenvalue weighted by Crippen LogP contribution is -2.55. The van der Waals surface area contributed by atoms with Gasteiger partial charge < -0.3 is 9.47 Å². The number of esters is 1. The molecule has 0 fully saturated rings. The molecule has 1 N–H and O–H groups in total. The highest BCUT2D eigenvalue weighted by Crippen LogP contribution is 2.21. The topological polar surface area (TPSA) is 90.9 Å². The highest BCUT2D eigenvalue weighted by molar-refractivity contribution is 6.06. The van der Waals surface area contributed by atoms with Gasteiger partial charge in [-0.25, -0.2) is 14.4 Å². The molecule has 0 saturated carbocycles. The van der Waals surface area contributed by atoms with E-state index in [9.17, 15) is 14.4 Å². The van der Waals surface area contributed by atoms with Crippen LogP contribution in [0.2, 0.25) is 0 Å². The van der Waals surface area contributed by atoms with E-state index in [2.05, 4.69) is 0 Å². The second-order valence-corrected chi connectivity index (χ2v) is 6.47. The molecule has 0 aromatic heterocycles. The fraction of sp³-hybridized carbons (Fsp3) is 0.500. The Balaban J connectivity index is 3.06. The van der Waals surface area contributed by atoms with E-state index >= 15 is 0 Å². The summed E-state index contributed by atoms with van der Waals surface area (Å²) in [7, 11) is 0. The van der Waals surface area contributed by atoms with E-state index in [0.717, 1.165) is 0 Å². The minimum Gasteiger partial charge on any atom is -0.463 e. The van der Waals surface area contributed by atoms with Crippen molar-refractivity contribution >= 4 is 17.8 Å². The Morgan fingerprint density at radius 2 is 1.68 bits per heavy atom. The quantitative estimate of drug-likeness (QED) is 0.461. The number of hydrogen-bond donors (Lipinski definition) is 1. The van der Waals surface area contributed by atoms with Crippen LogP contribution in [0.3, 0.4) is 0 Å². The second-order valence-electron chi connectivity index (χ2n) is 6.47. The first-order valence-corrected chi connectivity index (χ1v) is 8.00. The Bertz CT molecular complexity index is 608. The van der Waals surface area contributed by atoms with Crippen molar-refractivity contribution < 1.29 is 28.7 Å². The molecule has 1 amide bonds. The Morgan fingerprint density at radius 3 is 2.16 bits per heavy atom. The summed E-state index contributed by atoms with van der Waals surface area (Å²) in [6, 6.07) is 8.84. The number of amides is 1. The number of ether oxygens (including phenoxy) is 2. The van der Waals surface area contributed by atoms with E-state index in [0.29, 0.717) is 5.56 Å². The maximum atomic E-state index is 12.4. The fourth-order valence-electron chi connectivity index (χ4n) is 2.05. The molecule has 7 heteroatoms. The van der Waals surface area contributed by atoms with Gasteiger partial charge in [0, 0.05) is 6.42 Å². The Morgan fingerprint density at radius 1 is 1.08 bits per heavy atom. The van der Waals surface area contributed by atoms with Gasteiger partial charge in [0.05, 0.1) is 6.61 Å². The van der Waals surface area contributed by atoms with E-state index in [-0.39, 0.29) is 13.0 Å². The highest BCUT2D eigenvalue weighted by Gasteiger charge is 2.48. The Kier molecular flexibility index (Phi) is 7.11. The zero-order valence-electron chi connectivity index (χ0n) is 15.3. The number of hydrogen-bond acceptors (Lipinski definition) is 6. The first-order valence-electron chi connectivity index (χ1n) is 8.00. The van der Waals surface area contributed by atoms with Crippen molar-refractivity contribution in [3.63, 3.8) is 0 Å². The number of benzene rings is 1. The molecule has 0 aliphatic heterocycles. The summed E-state index contributed by atoms with van der Waals surface area (Å²) in [6.07, 6.45) is -0.992. The summed E-state index contributed by atoms with van der Waals surface area (Å²) in [5.41, 5.74) is -0.0303. The van der Waals surface area contributed by atoms with Gasteiger partial charge in [-0.2, -0.15) is 5.48 Å². The van der Waals surface area contributed by atoms with E-state index in [4.69, 9.17) is 14.3 Å². The maximum absolute atomic E-state index is 12.4. The van der Waals surface area contributed by atoms with Crippen molar-refractivity contribution in [1.29, 1.82) is 0 Å². The minimum absolute atomic E-state index is 0.0679. The van der Waals surface area contributed by atoms with Crippen LogP contribution < -0.4 is 5.48 Å². The summed E-state index contributed by atoms with van der Waals surface area (Å²) in [5, 5.41) is 0. The third-order valence-electron chi connectivity index (χ3n) is 3.18. The molecule has 1 atom stereocenters. The zero-order chi connectivity index (χ0) is 19.1. The predicted octanol–water partition coefficient (Wildman–Crippen LogP) is 2.58. The average Bonchev–Trinajstić information content (AvgIpc) is 2.50. The van der Waals surface area contributed by atoms with Crippen molar-refractivity contribution in [1.82, 2.24) is 5.48 Å². The van der Waals surface area contributed by atoms with Crippen LogP contribution in [0.15, 0.2) is 30.3 Å². The van der Waals surface area contributed by atoms with Crippen molar-refractivity contribution in [2.75, 3.05) is 6.61 Å². The van der Waals surface area contributed by atoms with Crippen molar-refractivity contribution in [2.24, 2.45) is 0 Å². The third-order valence-corrected chi connectivity index (χ3v) is 3.18. The highest BCUT2D eigenvalue weighted by atomic mass is 16.7. The number of carbonyl (C=O) groups is 3. The molecule has 0 heterocycles. The fourth-order valence-corrected chi connectivity index (χ4v) is 2.05. The molecule has 0 radical (unpaired) electrons. The predicted molar refractivity (Wildman–Crippen MR) is 90.6 cm³/mol. The van der Waals surface area contributed by atoms with Crippen LogP contribution in [-0.2, 0) is 30.3 Å². The Hall–Kier alpha value is -2.41. The van der Waals surface area contributed by atoms with Crippen LogP contribution in [0, 0.1) is 0 Å². The first-order chi connectivity index (χ1) is 11.6. The number of carbonyl (C=O) groups excluding carboxylic acids is 3. The molecule has 1 aromatic rings. The maximum Gasteiger partial charge on any atom is 0.431 e. The van der Waals surface area contributed by atoms with Crippen LogP contribution in [-0.4, -0.2) is 35.7 Å². The van der Waals surface area contributed by atoms with Gasteiger partial charge >= 0.3 is 12.1 Å². The van der Waals surface area contributed by atoms with Crippen LogP contribution in [0.4, 0.5) is 4.79 Å². The molecular formula is C18H25NO6. The summed E-state index contributed by atoms with van der Waals surface area (Å²) >= 11 is 0. The van der Waals surface area contributed by atoms with Crippen molar-refractivity contribution in [3.05, 3.63) is 35.9 Å². The van der Waals surface area contributed by atoms with E-state index in [1.54, 1.807) is 52.0 Å². The summed E-state index contributed by atoms with van der Waals surface area (Å²) in [4.78, 5) is 41.8. The van der Waals surface area contributed by atoms with Gasteiger partial charge in [-0.15, -0.1) is 0 Å². The number of rotatable bonds is 7. The lowest BCUT2D eigenvalue weighted by Gasteiger charge is -2.29. The first kappa shape index (κ1) is 20.6. The molecule has 1 unspecified atom stereocenters. The molecule has 0 aliphatic carbocycles. The van der Waals surface area contributed by atoms with Gasteiger partial charge in [0.2, 0.25) is 0 Å². The van der Waals surface area contributed by atoms with Crippen LogP contribution in [0.25, 0.3) is 0 Å². The molecule has 1 rings (SSSR count). The van der Waals surface area contributed by atoms with Crippen molar-refractivity contribution in [3.8, 4) is 0 Å². The van der Waals surface area contributed by atoms with E-state index in [1.165, 1.54) is 6.92 Å².